The number of piperidine rings is 1. The van der Waals surface area contributed by atoms with E-state index in [0.717, 1.165) is 31.7 Å². The van der Waals surface area contributed by atoms with E-state index >= 15 is 0 Å². The van der Waals surface area contributed by atoms with Gasteiger partial charge in [0.15, 0.2) is 0 Å². The third kappa shape index (κ3) is 7.19. The molecule has 0 spiro atoms. The monoisotopic (exact) mass is 383 g/mol. The molecule has 0 atom stereocenters. The van der Waals surface area contributed by atoms with Gasteiger partial charge in [-0.1, -0.05) is 11.6 Å². The van der Waals surface area contributed by atoms with Crippen LogP contribution in [0.15, 0.2) is 24.3 Å². The van der Waals surface area contributed by atoms with Crippen LogP contribution in [-0.4, -0.2) is 79.2 Å². The molecule has 1 amide bonds. The molecular formula is C18H26ClN3O4. The molecule has 0 radical (unpaired) electrons. The van der Waals surface area contributed by atoms with Gasteiger partial charge in [0.2, 0.25) is 5.91 Å². The maximum absolute atomic E-state index is 12.0. The van der Waals surface area contributed by atoms with Gasteiger partial charge in [0, 0.05) is 24.2 Å². The zero-order valence-corrected chi connectivity index (χ0v) is 15.7. The summed E-state index contributed by atoms with van der Waals surface area (Å²) in [6, 6.07) is 7.35. The molecule has 1 fully saturated rings. The number of hydrogen-bond donors (Lipinski definition) is 2. The van der Waals surface area contributed by atoms with Crippen LogP contribution in [0.5, 0.6) is 5.75 Å². The predicted molar refractivity (Wildman–Crippen MR) is 99.7 cm³/mol. The smallest absolute Gasteiger partial charge is 0.317 e. The molecule has 2 N–H and O–H groups in total. The van der Waals surface area contributed by atoms with Crippen molar-refractivity contribution in [2.24, 2.45) is 0 Å². The third-order valence-electron chi connectivity index (χ3n) is 4.44. The zero-order valence-electron chi connectivity index (χ0n) is 15.0. The van der Waals surface area contributed by atoms with E-state index in [2.05, 4.69) is 10.2 Å². The Morgan fingerprint density at radius 2 is 1.96 bits per heavy atom. The van der Waals surface area contributed by atoms with Gasteiger partial charge in [-0.05, 0) is 44.2 Å². The number of nitrogens with one attached hydrogen (secondary N) is 1. The highest BCUT2D eigenvalue weighted by Crippen LogP contribution is 2.16. The quantitative estimate of drug-likeness (QED) is 0.626. The number of ether oxygens (including phenoxy) is 1. The lowest BCUT2D eigenvalue weighted by atomic mass is 10.0. The third-order valence-corrected chi connectivity index (χ3v) is 4.69. The SMILES string of the molecule is CN(CC(=O)O)C1CCN(CC(=O)NCCOc2ccc(Cl)cc2)CC1. The van der Waals surface area contributed by atoms with Crippen LogP contribution in [0.25, 0.3) is 0 Å². The topological polar surface area (TPSA) is 82.1 Å². The molecule has 144 valence electrons. The highest BCUT2D eigenvalue weighted by atomic mass is 35.5. The Morgan fingerprint density at radius 1 is 1.31 bits per heavy atom. The number of benzene rings is 1. The normalized spacial score (nSPS) is 15.8. The number of carbonyl (C=O) groups is 2. The first-order chi connectivity index (χ1) is 12.4. The molecule has 1 aromatic rings. The van der Waals surface area contributed by atoms with Gasteiger partial charge in [0.05, 0.1) is 19.6 Å². The Balaban J connectivity index is 1.58. The Kier molecular flexibility index (Phi) is 8.15. The Morgan fingerprint density at radius 3 is 2.58 bits per heavy atom. The molecule has 2 rings (SSSR count). The van der Waals surface area contributed by atoms with Gasteiger partial charge in [-0.15, -0.1) is 0 Å². The Bertz CT molecular complexity index is 589. The van der Waals surface area contributed by atoms with E-state index < -0.39 is 5.97 Å². The zero-order chi connectivity index (χ0) is 18.9. The van der Waals surface area contributed by atoms with Gasteiger partial charge in [-0.3, -0.25) is 19.4 Å². The summed E-state index contributed by atoms with van der Waals surface area (Å²) in [6.45, 7) is 2.84. The maximum Gasteiger partial charge on any atom is 0.317 e. The standard InChI is InChI=1S/C18H26ClN3O4/c1-21(13-18(24)25)15-6-9-22(10-7-15)12-17(23)20-8-11-26-16-4-2-14(19)3-5-16/h2-5,15H,6-13H2,1H3,(H,20,23)(H,24,25). The summed E-state index contributed by atoms with van der Waals surface area (Å²) in [5.74, 6) is -0.117. The largest absolute Gasteiger partial charge is 0.492 e. The van der Waals surface area contributed by atoms with Gasteiger partial charge >= 0.3 is 5.97 Å². The highest BCUT2D eigenvalue weighted by molar-refractivity contribution is 6.30. The molecule has 7 nitrogen and oxygen atoms in total. The van der Waals surface area contributed by atoms with Crippen LogP contribution in [0.1, 0.15) is 12.8 Å². The number of hydrogen-bond acceptors (Lipinski definition) is 5. The minimum atomic E-state index is -0.810. The van der Waals surface area contributed by atoms with E-state index in [1.54, 1.807) is 24.3 Å². The number of aliphatic carboxylic acids is 1. The van der Waals surface area contributed by atoms with Crippen LogP contribution in [0.3, 0.4) is 0 Å². The Labute approximate surface area is 158 Å². The van der Waals surface area contributed by atoms with E-state index in [4.69, 9.17) is 21.4 Å². The minimum Gasteiger partial charge on any atom is -0.492 e. The highest BCUT2D eigenvalue weighted by Gasteiger charge is 2.24. The first-order valence-corrected chi connectivity index (χ1v) is 9.11. The van der Waals surface area contributed by atoms with Crippen molar-refractivity contribution in [3.63, 3.8) is 0 Å². The van der Waals surface area contributed by atoms with Crippen molar-refractivity contribution in [1.82, 2.24) is 15.1 Å². The van der Waals surface area contributed by atoms with Crippen molar-refractivity contribution in [3.05, 3.63) is 29.3 Å². The predicted octanol–water partition coefficient (Wildman–Crippen LogP) is 1.32. The molecule has 26 heavy (non-hydrogen) atoms. The number of halogens is 1. The fourth-order valence-electron chi connectivity index (χ4n) is 3.01. The number of amides is 1. The molecular weight excluding hydrogens is 358 g/mol. The summed E-state index contributed by atoms with van der Waals surface area (Å²) in [7, 11) is 1.84. The van der Waals surface area contributed by atoms with Crippen molar-refractivity contribution in [3.8, 4) is 5.75 Å². The molecule has 0 aliphatic carbocycles. The van der Waals surface area contributed by atoms with Crippen molar-refractivity contribution in [1.29, 1.82) is 0 Å². The second kappa shape index (κ2) is 10.4. The van der Waals surface area contributed by atoms with Crippen LogP contribution < -0.4 is 10.1 Å². The van der Waals surface area contributed by atoms with Crippen molar-refractivity contribution in [2.75, 3.05) is 46.4 Å². The summed E-state index contributed by atoms with van der Waals surface area (Å²) < 4.78 is 5.53. The van der Waals surface area contributed by atoms with Crippen LogP contribution in [0.2, 0.25) is 5.02 Å². The molecule has 0 bridgehead atoms. The summed E-state index contributed by atoms with van der Waals surface area (Å²) >= 11 is 5.81. The average Bonchev–Trinajstić information content (AvgIpc) is 2.60. The summed E-state index contributed by atoms with van der Waals surface area (Å²) in [5.41, 5.74) is 0. The van der Waals surface area contributed by atoms with Crippen LogP contribution >= 0.6 is 11.6 Å². The van der Waals surface area contributed by atoms with Gasteiger partial charge in [-0.25, -0.2) is 0 Å². The average molecular weight is 384 g/mol. The number of carboxylic acids is 1. The van der Waals surface area contributed by atoms with E-state index in [-0.39, 0.29) is 18.5 Å². The van der Waals surface area contributed by atoms with E-state index in [0.29, 0.717) is 24.7 Å². The molecule has 1 saturated heterocycles. The summed E-state index contributed by atoms with van der Waals surface area (Å²) in [6.07, 6.45) is 1.74. The molecule has 1 aromatic carbocycles. The van der Waals surface area contributed by atoms with Crippen LogP contribution in [0, 0.1) is 0 Å². The number of likely N-dealkylation sites (tertiary alicyclic amines) is 1. The van der Waals surface area contributed by atoms with Crippen molar-refractivity contribution >= 4 is 23.5 Å². The maximum atomic E-state index is 12.0. The minimum absolute atomic E-state index is 0.0259. The summed E-state index contributed by atoms with van der Waals surface area (Å²) in [4.78, 5) is 26.8. The molecule has 0 aromatic heterocycles. The first-order valence-electron chi connectivity index (χ1n) is 8.73. The number of rotatable bonds is 9. The first kappa shape index (κ1) is 20.5. The number of carbonyl (C=O) groups excluding carboxylic acids is 1. The fraction of sp³-hybridized carbons (Fsp3) is 0.556. The van der Waals surface area contributed by atoms with Gasteiger partial charge in [0.25, 0.3) is 0 Å². The van der Waals surface area contributed by atoms with E-state index in [1.165, 1.54) is 0 Å². The molecule has 0 saturated carbocycles. The second-order valence-electron chi connectivity index (χ2n) is 6.47. The summed E-state index contributed by atoms with van der Waals surface area (Å²) in [5, 5.41) is 12.4. The molecule has 1 aliphatic heterocycles. The van der Waals surface area contributed by atoms with E-state index in [9.17, 15) is 9.59 Å². The van der Waals surface area contributed by atoms with E-state index in [1.807, 2.05) is 11.9 Å². The lowest BCUT2D eigenvalue weighted by molar-refractivity contribution is -0.138. The Hall–Kier alpha value is -1.83. The number of likely N-dealkylation sites (N-methyl/N-ethyl adjacent to an activating group) is 1. The lowest BCUT2D eigenvalue weighted by Crippen LogP contribution is -2.47. The number of carboxylic acid groups (broad SMARTS) is 1. The fourth-order valence-corrected chi connectivity index (χ4v) is 3.14. The molecule has 0 unspecified atom stereocenters. The molecule has 8 heteroatoms. The van der Waals surface area contributed by atoms with Crippen molar-refractivity contribution < 1.29 is 19.4 Å². The number of nitrogens with zero attached hydrogens (tertiary/aromatic N) is 2. The van der Waals surface area contributed by atoms with Crippen molar-refractivity contribution in [2.45, 2.75) is 18.9 Å². The van der Waals surface area contributed by atoms with Crippen LogP contribution in [0.4, 0.5) is 0 Å². The van der Waals surface area contributed by atoms with Gasteiger partial charge in [-0.2, -0.15) is 0 Å². The molecule has 1 heterocycles. The molecule has 1 aliphatic rings. The van der Waals surface area contributed by atoms with Gasteiger partial charge < -0.3 is 15.2 Å². The second-order valence-corrected chi connectivity index (χ2v) is 6.90. The van der Waals surface area contributed by atoms with Crippen LogP contribution in [-0.2, 0) is 9.59 Å². The van der Waals surface area contributed by atoms with Gasteiger partial charge in [0.1, 0.15) is 12.4 Å². The lowest BCUT2D eigenvalue weighted by Gasteiger charge is -2.35.